The minimum atomic E-state index is -3.02. The summed E-state index contributed by atoms with van der Waals surface area (Å²) in [6.45, 7) is 1.88. The van der Waals surface area contributed by atoms with E-state index in [0.29, 0.717) is 19.4 Å². The number of carbonyl (C=O) groups is 2. The number of nitrogens with one attached hydrogen (secondary N) is 1. The molecular formula is C18H22F2N2O2. The lowest BCUT2D eigenvalue weighted by molar-refractivity contribution is -0.160. The Labute approximate surface area is 140 Å². The van der Waals surface area contributed by atoms with Gasteiger partial charge in [-0.1, -0.05) is 24.3 Å². The first-order valence-electron chi connectivity index (χ1n) is 8.30. The van der Waals surface area contributed by atoms with Crippen molar-refractivity contribution in [3.63, 3.8) is 0 Å². The second kappa shape index (κ2) is 6.15. The molecule has 0 aliphatic carbocycles. The zero-order chi connectivity index (χ0) is 17.4. The van der Waals surface area contributed by atoms with Crippen molar-refractivity contribution in [2.45, 2.75) is 38.5 Å². The van der Waals surface area contributed by atoms with Gasteiger partial charge in [0.15, 0.2) is 0 Å². The lowest BCUT2D eigenvalue weighted by Crippen LogP contribution is -2.56. The van der Waals surface area contributed by atoms with Crippen LogP contribution in [0.2, 0.25) is 0 Å². The number of halogens is 2. The Kier molecular flexibility index (Phi) is 4.32. The number of nitrogens with zero attached hydrogens (tertiary/aromatic N) is 1. The number of alkyl halides is 2. The molecule has 2 aliphatic heterocycles. The maximum Gasteiger partial charge on any atom is 0.266 e. The highest BCUT2D eigenvalue weighted by molar-refractivity contribution is 5.86. The summed E-state index contributed by atoms with van der Waals surface area (Å²) >= 11 is 0. The fraction of sp³-hybridized carbons (Fsp3) is 0.556. The van der Waals surface area contributed by atoms with E-state index in [1.54, 1.807) is 0 Å². The average molecular weight is 336 g/mol. The Morgan fingerprint density at radius 2 is 2.04 bits per heavy atom. The normalized spacial score (nSPS) is 25.8. The van der Waals surface area contributed by atoms with Crippen molar-refractivity contribution in [3.8, 4) is 0 Å². The Bertz CT molecular complexity index is 662. The number of rotatable bonds is 3. The smallest absolute Gasteiger partial charge is 0.266 e. The van der Waals surface area contributed by atoms with Crippen LogP contribution in [0, 0.1) is 12.3 Å². The predicted octanol–water partition coefficient (Wildman–Crippen LogP) is 2.30. The van der Waals surface area contributed by atoms with Crippen molar-refractivity contribution in [2.24, 2.45) is 5.41 Å². The van der Waals surface area contributed by atoms with Crippen LogP contribution in [0.4, 0.5) is 8.78 Å². The fourth-order valence-corrected chi connectivity index (χ4v) is 3.81. The molecule has 2 aliphatic rings. The van der Waals surface area contributed by atoms with E-state index in [-0.39, 0.29) is 24.8 Å². The van der Waals surface area contributed by atoms with Crippen molar-refractivity contribution in [1.82, 2.24) is 10.2 Å². The highest BCUT2D eigenvalue weighted by Gasteiger charge is 2.55. The Hall–Kier alpha value is -1.98. The highest BCUT2D eigenvalue weighted by atomic mass is 19.3. The molecule has 1 spiro atoms. The van der Waals surface area contributed by atoms with Gasteiger partial charge in [0.05, 0.1) is 12.0 Å². The second-order valence-corrected chi connectivity index (χ2v) is 7.00. The lowest BCUT2D eigenvalue weighted by Gasteiger charge is -2.42. The molecule has 0 bridgehead atoms. The zero-order valence-corrected chi connectivity index (χ0v) is 13.8. The molecule has 2 amide bonds. The molecule has 2 fully saturated rings. The number of piperidine rings is 1. The highest BCUT2D eigenvalue weighted by Crippen LogP contribution is 2.43. The third kappa shape index (κ3) is 3.28. The van der Waals surface area contributed by atoms with Crippen LogP contribution in [0.15, 0.2) is 24.3 Å². The Balaban J connectivity index is 1.70. The molecule has 1 unspecified atom stereocenters. The molecule has 4 nitrogen and oxygen atoms in total. The lowest BCUT2D eigenvalue weighted by atomic mass is 9.77. The first kappa shape index (κ1) is 16.9. The van der Waals surface area contributed by atoms with E-state index in [2.05, 4.69) is 5.32 Å². The molecule has 1 aromatic rings. The van der Waals surface area contributed by atoms with Gasteiger partial charge in [-0.15, -0.1) is 0 Å². The Morgan fingerprint density at radius 3 is 2.71 bits per heavy atom. The number of hydrogen-bond acceptors (Lipinski definition) is 2. The van der Waals surface area contributed by atoms with Gasteiger partial charge in [0.2, 0.25) is 11.8 Å². The van der Waals surface area contributed by atoms with E-state index in [9.17, 15) is 18.4 Å². The van der Waals surface area contributed by atoms with Crippen LogP contribution in [-0.4, -0.2) is 42.3 Å². The van der Waals surface area contributed by atoms with Crippen molar-refractivity contribution >= 4 is 11.8 Å². The number of aryl methyl sites for hydroxylation is 2. The molecule has 1 N–H and O–H groups in total. The standard InChI is InChI=1S/C18H22F2N2O2/c1-13-4-2-3-5-14(13)6-7-15(23)22-11-17(8-9-21-16(17)24)10-18(19,20)12-22/h2-5H,6-12H2,1H3,(H,21,24). The summed E-state index contributed by atoms with van der Waals surface area (Å²) in [6.07, 6.45) is 0.599. The minimum absolute atomic E-state index is 0.0982. The van der Waals surface area contributed by atoms with Gasteiger partial charge in [-0.2, -0.15) is 0 Å². The summed E-state index contributed by atoms with van der Waals surface area (Å²) in [5.74, 6) is -3.67. The van der Waals surface area contributed by atoms with E-state index in [0.717, 1.165) is 11.1 Å². The summed E-state index contributed by atoms with van der Waals surface area (Å²) < 4.78 is 28.3. The van der Waals surface area contributed by atoms with E-state index < -0.39 is 24.3 Å². The second-order valence-electron chi connectivity index (χ2n) is 7.00. The molecule has 0 saturated carbocycles. The first-order chi connectivity index (χ1) is 11.3. The SMILES string of the molecule is Cc1ccccc1CCC(=O)N1CC(F)(F)CC2(CCNC2=O)C1. The Morgan fingerprint density at radius 1 is 1.29 bits per heavy atom. The number of likely N-dealkylation sites (tertiary alicyclic amines) is 1. The maximum atomic E-state index is 14.1. The van der Waals surface area contributed by atoms with Gasteiger partial charge in [0, 0.05) is 25.9 Å². The quantitative estimate of drug-likeness (QED) is 0.921. The summed E-state index contributed by atoms with van der Waals surface area (Å²) in [7, 11) is 0. The predicted molar refractivity (Wildman–Crippen MR) is 85.7 cm³/mol. The molecule has 1 atom stereocenters. The van der Waals surface area contributed by atoms with Gasteiger partial charge in [-0.25, -0.2) is 8.78 Å². The number of amides is 2. The van der Waals surface area contributed by atoms with Crippen LogP contribution in [0.3, 0.4) is 0 Å². The van der Waals surface area contributed by atoms with Gasteiger partial charge >= 0.3 is 0 Å². The maximum absolute atomic E-state index is 14.1. The van der Waals surface area contributed by atoms with Crippen molar-refractivity contribution in [1.29, 1.82) is 0 Å². The number of hydrogen-bond donors (Lipinski definition) is 1. The topological polar surface area (TPSA) is 49.4 Å². The first-order valence-corrected chi connectivity index (χ1v) is 8.30. The monoisotopic (exact) mass is 336 g/mol. The molecule has 3 rings (SSSR count). The van der Waals surface area contributed by atoms with Crippen molar-refractivity contribution in [3.05, 3.63) is 35.4 Å². The summed E-state index contributed by atoms with van der Waals surface area (Å²) in [4.78, 5) is 25.7. The van der Waals surface area contributed by atoms with Gasteiger partial charge in [0.1, 0.15) is 0 Å². The molecule has 1 aromatic carbocycles. The average Bonchev–Trinajstić information content (AvgIpc) is 2.84. The zero-order valence-electron chi connectivity index (χ0n) is 13.8. The summed E-state index contributed by atoms with van der Waals surface area (Å²) in [5.41, 5.74) is 1.00. The van der Waals surface area contributed by atoms with Gasteiger partial charge < -0.3 is 10.2 Å². The van der Waals surface area contributed by atoms with E-state index >= 15 is 0 Å². The van der Waals surface area contributed by atoms with Crippen LogP contribution in [0.5, 0.6) is 0 Å². The molecule has 2 heterocycles. The van der Waals surface area contributed by atoms with E-state index in [1.165, 1.54) is 4.90 Å². The molecule has 0 radical (unpaired) electrons. The number of benzene rings is 1. The fourth-order valence-electron chi connectivity index (χ4n) is 3.81. The van der Waals surface area contributed by atoms with Gasteiger partial charge in [-0.05, 0) is 30.9 Å². The third-order valence-corrected chi connectivity index (χ3v) is 5.11. The molecule has 6 heteroatoms. The molecule has 130 valence electrons. The van der Waals surface area contributed by atoms with Crippen LogP contribution in [-0.2, 0) is 16.0 Å². The van der Waals surface area contributed by atoms with Gasteiger partial charge in [0.25, 0.3) is 5.92 Å². The van der Waals surface area contributed by atoms with Gasteiger partial charge in [-0.3, -0.25) is 9.59 Å². The van der Waals surface area contributed by atoms with Crippen LogP contribution >= 0.6 is 0 Å². The van der Waals surface area contributed by atoms with Crippen LogP contribution in [0.25, 0.3) is 0 Å². The van der Waals surface area contributed by atoms with E-state index in [4.69, 9.17) is 0 Å². The summed E-state index contributed by atoms with van der Waals surface area (Å²) in [5, 5.41) is 2.63. The summed E-state index contributed by atoms with van der Waals surface area (Å²) in [6, 6.07) is 7.74. The largest absolute Gasteiger partial charge is 0.356 e. The third-order valence-electron chi connectivity index (χ3n) is 5.11. The number of carbonyl (C=O) groups excluding carboxylic acids is 2. The van der Waals surface area contributed by atoms with Crippen molar-refractivity contribution in [2.75, 3.05) is 19.6 Å². The van der Waals surface area contributed by atoms with Crippen LogP contribution < -0.4 is 5.32 Å². The molecule has 24 heavy (non-hydrogen) atoms. The molecule has 0 aromatic heterocycles. The minimum Gasteiger partial charge on any atom is -0.356 e. The van der Waals surface area contributed by atoms with E-state index in [1.807, 2.05) is 31.2 Å². The molecular weight excluding hydrogens is 314 g/mol. The van der Waals surface area contributed by atoms with Crippen molar-refractivity contribution < 1.29 is 18.4 Å². The van der Waals surface area contributed by atoms with Crippen LogP contribution in [0.1, 0.15) is 30.4 Å². The molecule has 2 saturated heterocycles.